The number of aromatic amines is 1. The Morgan fingerprint density at radius 2 is 2.30 bits per heavy atom. The molecule has 0 unspecified atom stereocenters. The van der Waals surface area contributed by atoms with Crippen LogP contribution < -0.4 is 10.9 Å². The molecule has 2 aromatic heterocycles. The number of hydrogen-bond donors (Lipinski definition) is 2. The van der Waals surface area contributed by atoms with Gasteiger partial charge in [-0.05, 0) is 13.3 Å². The Kier molecular flexibility index (Phi) is 4.34. The normalized spacial score (nSPS) is 10.7. The highest BCUT2D eigenvalue weighted by Gasteiger charge is 2.11. The molecule has 8 nitrogen and oxygen atoms in total. The van der Waals surface area contributed by atoms with Gasteiger partial charge in [-0.25, -0.2) is 9.78 Å². The maximum Gasteiger partial charge on any atom is 0.413 e. The number of carbonyl (C=O) groups excluding carboxylic acids is 1. The van der Waals surface area contributed by atoms with Gasteiger partial charge in [0.15, 0.2) is 11.2 Å². The van der Waals surface area contributed by atoms with Crippen molar-refractivity contribution in [1.82, 2.24) is 19.5 Å². The number of H-pyrrole nitrogens is 1. The van der Waals surface area contributed by atoms with Crippen LogP contribution in [0.1, 0.15) is 26.7 Å². The lowest BCUT2D eigenvalue weighted by atomic mass is 10.4. The number of nitrogens with zero attached hydrogens (tertiary/aromatic N) is 3. The molecule has 0 fully saturated rings. The van der Waals surface area contributed by atoms with E-state index in [4.69, 9.17) is 4.74 Å². The zero-order valence-electron chi connectivity index (χ0n) is 11.5. The number of fused-ring (bicyclic) bond motifs is 1. The summed E-state index contributed by atoms with van der Waals surface area (Å²) in [6.45, 7) is 4.85. The SMILES string of the molecule is CCCCOC(=O)Nc1nc2ncn(CC)c2c(=O)[nH]1. The zero-order valence-corrected chi connectivity index (χ0v) is 11.5. The maximum atomic E-state index is 11.9. The fourth-order valence-corrected chi connectivity index (χ4v) is 1.73. The second-order valence-electron chi connectivity index (χ2n) is 4.23. The van der Waals surface area contributed by atoms with Crippen LogP contribution in [0.15, 0.2) is 11.1 Å². The van der Waals surface area contributed by atoms with Gasteiger partial charge in [-0.2, -0.15) is 4.98 Å². The Labute approximate surface area is 115 Å². The van der Waals surface area contributed by atoms with Crippen molar-refractivity contribution in [2.24, 2.45) is 0 Å². The molecule has 8 heteroatoms. The zero-order chi connectivity index (χ0) is 14.5. The number of aromatic nitrogens is 4. The van der Waals surface area contributed by atoms with Crippen LogP contribution in [-0.4, -0.2) is 32.2 Å². The Morgan fingerprint density at radius 1 is 1.50 bits per heavy atom. The molecule has 108 valence electrons. The monoisotopic (exact) mass is 279 g/mol. The first-order valence-electron chi connectivity index (χ1n) is 6.54. The van der Waals surface area contributed by atoms with E-state index in [1.807, 2.05) is 13.8 Å². The predicted molar refractivity (Wildman–Crippen MR) is 73.7 cm³/mol. The third-order valence-corrected chi connectivity index (χ3v) is 2.78. The minimum Gasteiger partial charge on any atom is -0.449 e. The minimum absolute atomic E-state index is 0.0327. The molecule has 2 N–H and O–H groups in total. The first kappa shape index (κ1) is 14.0. The molecule has 0 aromatic carbocycles. The molecule has 20 heavy (non-hydrogen) atoms. The van der Waals surface area contributed by atoms with Gasteiger partial charge in [-0.3, -0.25) is 15.1 Å². The molecular formula is C12H17N5O3. The maximum absolute atomic E-state index is 11.9. The lowest BCUT2D eigenvalue weighted by Crippen LogP contribution is -2.20. The molecule has 0 aliphatic heterocycles. The smallest absolute Gasteiger partial charge is 0.413 e. The van der Waals surface area contributed by atoms with Gasteiger partial charge >= 0.3 is 6.09 Å². The molecule has 0 saturated heterocycles. The van der Waals surface area contributed by atoms with Gasteiger partial charge in [0.2, 0.25) is 5.95 Å². The second-order valence-corrected chi connectivity index (χ2v) is 4.23. The van der Waals surface area contributed by atoms with Crippen molar-refractivity contribution in [1.29, 1.82) is 0 Å². The van der Waals surface area contributed by atoms with Gasteiger partial charge in [-0.15, -0.1) is 0 Å². The molecule has 0 spiro atoms. The van der Waals surface area contributed by atoms with Gasteiger partial charge in [0.1, 0.15) is 0 Å². The first-order valence-corrected chi connectivity index (χ1v) is 6.54. The Hall–Kier alpha value is -2.38. The summed E-state index contributed by atoms with van der Waals surface area (Å²) in [6, 6.07) is 0. The van der Waals surface area contributed by atoms with E-state index in [2.05, 4.69) is 20.3 Å². The number of anilines is 1. The van der Waals surface area contributed by atoms with Crippen LogP contribution in [0.2, 0.25) is 0 Å². The van der Waals surface area contributed by atoms with Crippen LogP contribution in [-0.2, 0) is 11.3 Å². The molecule has 2 aromatic rings. The second kappa shape index (κ2) is 6.18. The molecule has 0 saturated carbocycles. The van der Waals surface area contributed by atoms with Crippen molar-refractivity contribution in [3.05, 3.63) is 16.7 Å². The molecular weight excluding hydrogens is 262 g/mol. The van der Waals surface area contributed by atoms with Gasteiger partial charge in [0, 0.05) is 6.54 Å². The third kappa shape index (κ3) is 2.95. The fraction of sp³-hybridized carbons (Fsp3) is 0.500. The summed E-state index contributed by atoms with van der Waals surface area (Å²) in [4.78, 5) is 34.0. The molecule has 0 aliphatic carbocycles. The van der Waals surface area contributed by atoms with Crippen molar-refractivity contribution >= 4 is 23.2 Å². The summed E-state index contributed by atoms with van der Waals surface area (Å²) in [5, 5.41) is 2.38. The Bertz CT molecular complexity index is 661. The Morgan fingerprint density at radius 3 is 3.00 bits per heavy atom. The van der Waals surface area contributed by atoms with E-state index < -0.39 is 6.09 Å². The number of aryl methyl sites for hydroxylation is 1. The van der Waals surface area contributed by atoms with Crippen LogP contribution in [0.3, 0.4) is 0 Å². The van der Waals surface area contributed by atoms with Crippen molar-refractivity contribution in [2.45, 2.75) is 33.2 Å². The number of carbonyl (C=O) groups is 1. The third-order valence-electron chi connectivity index (χ3n) is 2.78. The van der Waals surface area contributed by atoms with E-state index in [-0.39, 0.29) is 11.5 Å². The van der Waals surface area contributed by atoms with Gasteiger partial charge in [-0.1, -0.05) is 13.3 Å². The molecule has 1 amide bonds. The number of rotatable bonds is 5. The molecule has 2 rings (SSSR count). The number of nitrogens with one attached hydrogen (secondary N) is 2. The lowest BCUT2D eigenvalue weighted by molar-refractivity contribution is 0.159. The standard InChI is InChI=1S/C12H17N5O3/c1-3-5-6-20-12(19)16-11-14-9-8(10(18)15-11)17(4-2)7-13-9/h7H,3-6H2,1-2H3,(H2,14,15,16,18,19). The summed E-state index contributed by atoms with van der Waals surface area (Å²) >= 11 is 0. The fourth-order valence-electron chi connectivity index (χ4n) is 1.73. The van der Waals surface area contributed by atoms with E-state index in [0.29, 0.717) is 24.3 Å². The van der Waals surface area contributed by atoms with Crippen molar-refractivity contribution < 1.29 is 9.53 Å². The van der Waals surface area contributed by atoms with E-state index >= 15 is 0 Å². The first-order chi connectivity index (χ1) is 9.65. The van der Waals surface area contributed by atoms with Crippen LogP contribution in [0.4, 0.5) is 10.7 Å². The van der Waals surface area contributed by atoms with Gasteiger partial charge < -0.3 is 9.30 Å². The molecule has 0 aliphatic rings. The minimum atomic E-state index is -0.643. The predicted octanol–water partition coefficient (Wildman–Crippen LogP) is 1.49. The molecule has 0 bridgehead atoms. The number of unbranched alkanes of at least 4 members (excludes halogenated alkanes) is 1. The quantitative estimate of drug-likeness (QED) is 0.807. The van der Waals surface area contributed by atoms with Crippen LogP contribution in [0.25, 0.3) is 11.2 Å². The molecule has 2 heterocycles. The average molecular weight is 279 g/mol. The largest absolute Gasteiger partial charge is 0.449 e. The summed E-state index contributed by atoms with van der Waals surface area (Å²) < 4.78 is 6.61. The van der Waals surface area contributed by atoms with Crippen molar-refractivity contribution in [2.75, 3.05) is 11.9 Å². The number of ether oxygens (including phenoxy) is 1. The Balaban J connectivity index is 2.16. The van der Waals surface area contributed by atoms with Crippen molar-refractivity contribution in [3.63, 3.8) is 0 Å². The highest BCUT2D eigenvalue weighted by atomic mass is 16.5. The summed E-state index contributed by atoms with van der Waals surface area (Å²) in [5.41, 5.74) is 0.329. The summed E-state index contributed by atoms with van der Waals surface area (Å²) in [5.74, 6) is 0.0327. The van der Waals surface area contributed by atoms with Crippen LogP contribution >= 0.6 is 0 Å². The lowest BCUT2D eigenvalue weighted by Gasteiger charge is -2.05. The summed E-state index contributed by atoms with van der Waals surface area (Å²) in [6.07, 6.45) is 2.62. The number of hydrogen-bond acceptors (Lipinski definition) is 5. The average Bonchev–Trinajstić information content (AvgIpc) is 2.82. The van der Waals surface area contributed by atoms with E-state index in [9.17, 15) is 9.59 Å². The highest BCUT2D eigenvalue weighted by molar-refractivity contribution is 5.83. The van der Waals surface area contributed by atoms with Crippen molar-refractivity contribution in [3.8, 4) is 0 Å². The van der Waals surface area contributed by atoms with Crippen LogP contribution in [0.5, 0.6) is 0 Å². The number of amides is 1. The highest BCUT2D eigenvalue weighted by Crippen LogP contribution is 2.07. The molecule has 0 radical (unpaired) electrons. The van der Waals surface area contributed by atoms with Crippen LogP contribution in [0, 0.1) is 0 Å². The number of imidazole rings is 1. The molecule has 0 atom stereocenters. The van der Waals surface area contributed by atoms with Gasteiger partial charge in [0.25, 0.3) is 5.56 Å². The summed E-state index contributed by atoms with van der Waals surface area (Å²) in [7, 11) is 0. The van der Waals surface area contributed by atoms with Gasteiger partial charge in [0.05, 0.1) is 12.9 Å². The topological polar surface area (TPSA) is 102 Å². The van der Waals surface area contributed by atoms with E-state index in [1.54, 1.807) is 4.57 Å². The van der Waals surface area contributed by atoms with E-state index in [0.717, 1.165) is 12.8 Å². The van der Waals surface area contributed by atoms with E-state index in [1.165, 1.54) is 6.33 Å².